The first-order valence-corrected chi connectivity index (χ1v) is 7.65. The molecule has 0 unspecified atom stereocenters. The highest BCUT2D eigenvalue weighted by Crippen LogP contribution is 2.34. The maximum atomic E-state index is 12.1. The number of rotatable bonds is 4. The Labute approximate surface area is 122 Å². The second-order valence-corrected chi connectivity index (χ2v) is 7.13. The monoisotopic (exact) mass is 283 g/mol. The van der Waals surface area contributed by atoms with Crippen molar-refractivity contribution in [3.05, 3.63) is 0 Å². The fourth-order valence-electron chi connectivity index (χ4n) is 2.41. The molecule has 4 heteroatoms. The number of likely N-dealkylation sites (tertiary alicyclic amines) is 1. The molecule has 0 aliphatic carbocycles. The van der Waals surface area contributed by atoms with E-state index in [0.29, 0.717) is 5.41 Å². The van der Waals surface area contributed by atoms with Crippen molar-refractivity contribution in [1.29, 1.82) is 0 Å². The molecule has 1 fully saturated rings. The van der Waals surface area contributed by atoms with Crippen molar-refractivity contribution < 1.29 is 14.3 Å². The van der Waals surface area contributed by atoms with Gasteiger partial charge >= 0.3 is 5.97 Å². The van der Waals surface area contributed by atoms with E-state index in [9.17, 15) is 9.59 Å². The van der Waals surface area contributed by atoms with Crippen molar-refractivity contribution in [3.8, 4) is 0 Å². The molecule has 0 spiro atoms. The van der Waals surface area contributed by atoms with Gasteiger partial charge in [-0.05, 0) is 39.0 Å². The van der Waals surface area contributed by atoms with E-state index in [-0.39, 0.29) is 24.7 Å². The third-order valence-electron chi connectivity index (χ3n) is 4.14. The second kappa shape index (κ2) is 6.59. The third kappa shape index (κ3) is 5.51. The number of carbonyl (C=O) groups excluding carboxylic acids is 2. The van der Waals surface area contributed by atoms with Crippen LogP contribution in [-0.4, -0.2) is 35.5 Å². The normalized spacial score (nSPS) is 18.8. The summed E-state index contributed by atoms with van der Waals surface area (Å²) in [5.41, 5.74) is -0.101. The van der Waals surface area contributed by atoms with Crippen LogP contribution in [0.3, 0.4) is 0 Å². The van der Waals surface area contributed by atoms with Crippen LogP contribution in [-0.2, 0) is 14.3 Å². The Morgan fingerprint density at radius 1 is 1.15 bits per heavy atom. The van der Waals surface area contributed by atoms with Crippen LogP contribution < -0.4 is 0 Å². The summed E-state index contributed by atoms with van der Waals surface area (Å²) in [4.78, 5) is 25.6. The van der Waals surface area contributed by atoms with Gasteiger partial charge in [0.2, 0.25) is 5.91 Å². The number of piperidine rings is 1. The minimum Gasteiger partial charge on any atom is -0.460 e. The van der Waals surface area contributed by atoms with E-state index in [1.54, 1.807) is 0 Å². The lowest BCUT2D eigenvalue weighted by Gasteiger charge is -2.39. The van der Waals surface area contributed by atoms with E-state index >= 15 is 0 Å². The molecule has 0 bridgehead atoms. The highest BCUT2D eigenvalue weighted by molar-refractivity contribution is 5.81. The van der Waals surface area contributed by atoms with Crippen LogP contribution in [0.2, 0.25) is 0 Å². The molecule has 20 heavy (non-hydrogen) atoms. The zero-order valence-corrected chi connectivity index (χ0v) is 13.6. The molecule has 116 valence electrons. The van der Waals surface area contributed by atoms with Crippen LogP contribution in [0, 0.1) is 5.41 Å². The Kier molecular flexibility index (Phi) is 5.60. The average Bonchev–Trinajstić information content (AvgIpc) is 2.35. The van der Waals surface area contributed by atoms with Gasteiger partial charge in [0.05, 0.1) is 6.42 Å². The molecule has 1 heterocycles. The van der Waals surface area contributed by atoms with Crippen molar-refractivity contribution in [2.24, 2.45) is 5.41 Å². The van der Waals surface area contributed by atoms with Gasteiger partial charge in [0.25, 0.3) is 0 Å². The first kappa shape index (κ1) is 17.0. The lowest BCUT2D eigenvalue weighted by molar-refractivity contribution is -0.156. The van der Waals surface area contributed by atoms with Gasteiger partial charge in [-0.15, -0.1) is 0 Å². The lowest BCUT2D eigenvalue weighted by Crippen LogP contribution is -2.42. The molecule has 1 saturated heterocycles. The van der Waals surface area contributed by atoms with Gasteiger partial charge < -0.3 is 9.64 Å². The van der Waals surface area contributed by atoms with Gasteiger partial charge in [0.1, 0.15) is 5.60 Å². The van der Waals surface area contributed by atoms with Crippen LogP contribution >= 0.6 is 0 Å². The van der Waals surface area contributed by atoms with Crippen LogP contribution in [0.25, 0.3) is 0 Å². The third-order valence-corrected chi connectivity index (χ3v) is 4.14. The van der Waals surface area contributed by atoms with Crippen molar-refractivity contribution in [2.75, 3.05) is 13.1 Å². The fraction of sp³-hybridized carbons (Fsp3) is 0.875. The van der Waals surface area contributed by atoms with E-state index in [2.05, 4.69) is 13.8 Å². The van der Waals surface area contributed by atoms with Crippen molar-refractivity contribution >= 4 is 11.9 Å². The van der Waals surface area contributed by atoms with Gasteiger partial charge in [-0.1, -0.05) is 20.3 Å². The number of esters is 1. The molecule has 0 aromatic carbocycles. The van der Waals surface area contributed by atoms with Crippen LogP contribution in [0.15, 0.2) is 0 Å². The quantitative estimate of drug-likeness (QED) is 0.745. The summed E-state index contributed by atoms with van der Waals surface area (Å²) in [6.45, 7) is 11.6. The van der Waals surface area contributed by atoms with Crippen LogP contribution in [0.4, 0.5) is 0 Å². The summed E-state index contributed by atoms with van der Waals surface area (Å²) in [6.07, 6.45) is 3.71. The Hall–Kier alpha value is -1.06. The smallest absolute Gasteiger partial charge is 0.306 e. The Morgan fingerprint density at radius 3 is 2.15 bits per heavy atom. The highest BCUT2D eigenvalue weighted by atomic mass is 16.6. The molecule has 0 radical (unpaired) electrons. The molecule has 0 atom stereocenters. The Bertz CT molecular complexity index is 349. The molecule has 0 saturated carbocycles. The van der Waals surface area contributed by atoms with E-state index < -0.39 is 5.60 Å². The van der Waals surface area contributed by atoms with Gasteiger partial charge in [-0.2, -0.15) is 0 Å². The van der Waals surface area contributed by atoms with E-state index in [1.165, 1.54) is 0 Å². The molecule has 1 amide bonds. The molecular weight excluding hydrogens is 254 g/mol. The van der Waals surface area contributed by atoms with E-state index in [0.717, 1.165) is 32.4 Å². The molecule has 0 aromatic rings. The number of ether oxygens (including phenoxy) is 1. The molecule has 1 aliphatic heterocycles. The number of hydrogen-bond acceptors (Lipinski definition) is 3. The Balaban J connectivity index is 2.33. The first-order valence-electron chi connectivity index (χ1n) is 7.65. The molecule has 0 aromatic heterocycles. The summed E-state index contributed by atoms with van der Waals surface area (Å²) in [7, 11) is 0. The number of hydrogen-bond donors (Lipinski definition) is 0. The first-order chi connectivity index (χ1) is 9.15. The van der Waals surface area contributed by atoms with Gasteiger partial charge in [-0.3, -0.25) is 9.59 Å². The SMILES string of the molecule is CCC1(C)CCN(C(=O)CCC(=O)OC(C)(C)C)CC1. The molecule has 1 rings (SSSR count). The molecule has 0 N–H and O–H groups in total. The minimum atomic E-state index is -0.478. The van der Waals surface area contributed by atoms with Gasteiger partial charge in [0, 0.05) is 19.5 Å². The molecule has 1 aliphatic rings. The largest absolute Gasteiger partial charge is 0.460 e. The molecular formula is C16H29NO3. The average molecular weight is 283 g/mol. The zero-order chi connectivity index (χ0) is 15.4. The van der Waals surface area contributed by atoms with Crippen LogP contribution in [0.5, 0.6) is 0 Å². The number of amides is 1. The predicted octanol–water partition coefficient (Wildman–Crippen LogP) is 3.15. The van der Waals surface area contributed by atoms with Crippen molar-refractivity contribution in [2.45, 2.75) is 72.3 Å². The summed E-state index contributed by atoms with van der Waals surface area (Å²) in [5.74, 6) is -0.213. The van der Waals surface area contributed by atoms with E-state index in [4.69, 9.17) is 4.74 Å². The maximum Gasteiger partial charge on any atom is 0.306 e. The van der Waals surface area contributed by atoms with Crippen LogP contribution in [0.1, 0.15) is 66.7 Å². The lowest BCUT2D eigenvalue weighted by atomic mass is 9.78. The summed E-state index contributed by atoms with van der Waals surface area (Å²) in [6, 6.07) is 0. The second-order valence-electron chi connectivity index (χ2n) is 7.13. The molecule has 4 nitrogen and oxygen atoms in total. The summed E-state index contributed by atoms with van der Waals surface area (Å²) < 4.78 is 5.22. The van der Waals surface area contributed by atoms with Crippen molar-refractivity contribution in [3.63, 3.8) is 0 Å². The maximum absolute atomic E-state index is 12.1. The zero-order valence-electron chi connectivity index (χ0n) is 13.6. The number of carbonyl (C=O) groups is 2. The summed E-state index contributed by atoms with van der Waals surface area (Å²) in [5, 5.41) is 0. The van der Waals surface area contributed by atoms with Gasteiger partial charge in [-0.25, -0.2) is 0 Å². The minimum absolute atomic E-state index is 0.0778. The predicted molar refractivity (Wildman–Crippen MR) is 79.3 cm³/mol. The van der Waals surface area contributed by atoms with Gasteiger partial charge in [0.15, 0.2) is 0 Å². The fourth-order valence-corrected chi connectivity index (χ4v) is 2.41. The summed E-state index contributed by atoms with van der Waals surface area (Å²) >= 11 is 0. The number of nitrogens with zero attached hydrogens (tertiary/aromatic N) is 1. The Morgan fingerprint density at radius 2 is 1.70 bits per heavy atom. The topological polar surface area (TPSA) is 46.6 Å². The highest BCUT2D eigenvalue weighted by Gasteiger charge is 2.30. The standard InChI is InChI=1S/C16H29NO3/c1-6-16(5)9-11-17(12-10-16)13(18)7-8-14(19)20-15(2,3)4/h6-12H2,1-5H3. The van der Waals surface area contributed by atoms with Crippen molar-refractivity contribution in [1.82, 2.24) is 4.90 Å². The van der Waals surface area contributed by atoms with E-state index in [1.807, 2.05) is 25.7 Å².